The number of ether oxygens (including phenoxy) is 1. The number of hydrogen-bond acceptors (Lipinski definition) is 5. The van der Waals surface area contributed by atoms with Gasteiger partial charge in [0.2, 0.25) is 0 Å². The zero-order valence-corrected chi connectivity index (χ0v) is 21.7. The lowest BCUT2D eigenvalue weighted by Crippen LogP contribution is -2.42. The minimum Gasteiger partial charge on any atom is -0.444 e. The number of hydrogen-bond donors (Lipinski definition) is 2. The highest BCUT2D eigenvalue weighted by atomic mass is 19.1. The molecule has 0 unspecified atom stereocenters. The van der Waals surface area contributed by atoms with Gasteiger partial charge in [0.05, 0.1) is 23.0 Å². The second-order valence-corrected chi connectivity index (χ2v) is 10.7. The van der Waals surface area contributed by atoms with Crippen LogP contribution < -0.4 is 10.6 Å². The molecular weight excluding hydrogens is 471 g/mol. The fraction of sp³-hybridized carbons (Fsp3) is 0.379. The molecular formula is C29H33FN4O3. The third-order valence-electron chi connectivity index (χ3n) is 6.50. The van der Waals surface area contributed by atoms with E-state index in [9.17, 15) is 14.0 Å². The molecule has 1 aromatic carbocycles. The SMILES string of the molecule is C=Cc1cnc2c(C(=O)Nc3cnccc3[C@@H]3C[C@H](C)C[C@H](NC(=O)OC(C)(C)C)C3)ccc(F)c2c1. The molecule has 194 valence electrons. The van der Waals surface area contributed by atoms with E-state index in [1.54, 1.807) is 30.7 Å². The van der Waals surface area contributed by atoms with Gasteiger partial charge >= 0.3 is 6.09 Å². The molecule has 0 saturated heterocycles. The van der Waals surface area contributed by atoms with E-state index in [-0.39, 0.29) is 28.4 Å². The van der Waals surface area contributed by atoms with Gasteiger partial charge in [-0.15, -0.1) is 0 Å². The number of anilines is 1. The van der Waals surface area contributed by atoms with Gasteiger partial charge in [0, 0.05) is 23.8 Å². The van der Waals surface area contributed by atoms with Crippen molar-refractivity contribution in [1.82, 2.24) is 15.3 Å². The van der Waals surface area contributed by atoms with Gasteiger partial charge in [-0.2, -0.15) is 0 Å². The number of rotatable bonds is 5. The van der Waals surface area contributed by atoms with E-state index < -0.39 is 23.4 Å². The molecule has 1 saturated carbocycles. The largest absolute Gasteiger partial charge is 0.444 e. The summed E-state index contributed by atoms with van der Waals surface area (Å²) in [5.41, 5.74) is 2.17. The van der Waals surface area contributed by atoms with Gasteiger partial charge in [-0.1, -0.05) is 19.6 Å². The highest BCUT2D eigenvalue weighted by molar-refractivity contribution is 6.12. The molecule has 3 atom stereocenters. The molecule has 0 aliphatic heterocycles. The molecule has 0 bridgehead atoms. The van der Waals surface area contributed by atoms with Crippen LogP contribution in [0.25, 0.3) is 17.0 Å². The quantitative estimate of drug-likeness (QED) is 0.416. The number of fused-ring (bicyclic) bond motifs is 1. The van der Waals surface area contributed by atoms with Gasteiger partial charge in [-0.05, 0) is 87.3 Å². The second-order valence-electron chi connectivity index (χ2n) is 10.7. The fourth-order valence-corrected chi connectivity index (χ4v) is 5.00. The van der Waals surface area contributed by atoms with Crippen LogP contribution in [0.2, 0.25) is 0 Å². The molecule has 37 heavy (non-hydrogen) atoms. The maximum absolute atomic E-state index is 14.5. The Kier molecular flexibility index (Phi) is 7.57. The third kappa shape index (κ3) is 6.31. The van der Waals surface area contributed by atoms with Crippen molar-refractivity contribution in [2.45, 2.75) is 64.5 Å². The second kappa shape index (κ2) is 10.7. The Morgan fingerprint density at radius 1 is 1.16 bits per heavy atom. The monoisotopic (exact) mass is 504 g/mol. The lowest BCUT2D eigenvalue weighted by Gasteiger charge is -2.35. The van der Waals surface area contributed by atoms with Gasteiger partial charge in [0.1, 0.15) is 11.4 Å². The topological polar surface area (TPSA) is 93.2 Å². The van der Waals surface area contributed by atoms with Crippen LogP contribution in [0.3, 0.4) is 0 Å². The Morgan fingerprint density at radius 3 is 2.68 bits per heavy atom. The van der Waals surface area contributed by atoms with Gasteiger partial charge in [-0.25, -0.2) is 9.18 Å². The first kappa shape index (κ1) is 26.3. The van der Waals surface area contributed by atoms with Crippen LogP contribution in [-0.2, 0) is 4.74 Å². The van der Waals surface area contributed by atoms with Crippen molar-refractivity contribution in [3.05, 3.63) is 71.9 Å². The molecule has 1 aliphatic carbocycles. The maximum atomic E-state index is 14.5. The summed E-state index contributed by atoms with van der Waals surface area (Å²) in [6, 6.07) is 6.18. The number of pyridine rings is 2. The van der Waals surface area contributed by atoms with Gasteiger partial charge in [-0.3, -0.25) is 14.8 Å². The highest BCUT2D eigenvalue weighted by Gasteiger charge is 2.31. The number of carbonyl (C=O) groups excluding carboxylic acids is 2. The van der Waals surface area contributed by atoms with E-state index in [2.05, 4.69) is 34.1 Å². The number of nitrogens with zero attached hydrogens (tertiary/aromatic N) is 2. The normalized spacial score (nSPS) is 19.8. The number of nitrogens with one attached hydrogen (secondary N) is 2. The summed E-state index contributed by atoms with van der Waals surface area (Å²) in [6.45, 7) is 11.4. The van der Waals surface area contributed by atoms with Crippen LogP contribution in [0.1, 0.15) is 74.4 Å². The molecule has 2 heterocycles. The number of halogens is 1. The number of alkyl carbamates (subject to hydrolysis) is 1. The van der Waals surface area contributed by atoms with E-state index in [0.717, 1.165) is 18.4 Å². The molecule has 7 nitrogen and oxygen atoms in total. The summed E-state index contributed by atoms with van der Waals surface area (Å²) in [7, 11) is 0. The van der Waals surface area contributed by atoms with Crippen LogP contribution in [0.4, 0.5) is 14.9 Å². The predicted molar refractivity (Wildman–Crippen MR) is 143 cm³/mol. The first-order valence-electron chi connectivity index (χ1n) is 12.5. The lowest BCUT2D eigenvalue weighted by atomic mass is 9.76. The van der Waals surface area contributed by atoms with Crippen molar-refractivity contribution >= 4 is 34.7 Å². The fourth-order valence-electron chi connectivity index (χ4n) is 5.00. The zero-order valence-electron chi connectivity index (χ0n) is 21.7. The van der Waals surface area contributed by atoms with Crippen molar-refractivity contribution < 1.29 is 18.7 Å². The van der Waals surface area contributed by atoms with Crippen molar-refractivity contribution in [2.24, 2.45) is 5.92 Å². The van der Waals surface area contributed by atoms with E-state index in [4.69, 9.17) is 4.74 Å². The van der Waals surface area contributed by atoms with Crippen molar-refractivity contribution in [3.63, 3.8) is 0 Å². The van der Waals surface area contributed by atoms with Crippen LogP contribution in [0.15, 0.2) is 49.4 Å². The standard InChI is InChI=1S/C29H33FN4O3/c1-6-18-13-23-24(30)8-7-22(26(23)32-15-18)27(35)34-25-16-31-10-9-21(25)19-11-17(2)12-20(14-19)33-28(36)37-29(3,4)5/h6-10,13,15-17,19-20H,1,11-12,14H2,2-5H3,(H,33,36)(H,34,35)/t17-,19+,20-/m0/s1. The number of amides is 2. The van der Waals surface area contributed by atoms with E-state index in [1.165, 1.54) is 12.1 Å². The van der Waals surface area contributed by atoms with Gasteiger partial charge < -0.3 is 15.4 Å². The molecule has 4 rings (SSSR count). The molecule has 2 N–H and O–H groups in total. The molecule has 8 heteroatoms. The lowest BCUT2D eigenvalue weighted by molar-refractivity contribution is 0.0482. The van der Waals surface area contributed by atoms with Gasteiger partial charge in [0.25, 0.3) is 5.91 Å². The molecule has 2 amide bonds. The summed E-state index contributed by atoms with van der Waals surface area (Å²) in [5.74, 6) is -0.394. The number of carbonyl (C=O) groups is 2. The maximum Gasteiger partial charge on any atom is 0.407 e. The van der Waals surface area contributed by atoms with Crippen LogP contribution >= 0.6 is 0 Å². The molecule has 1 fully saturated rings. The molecule has 0 radical (unpaired) electrons. The summed E-state index contributed by atoms with van der Waals surface area (Å²) in [4.78, 5) is 34.3. The van der Waals surface area contributed by atoms with Gasteiger partial charge in [0.15, 0.2) is 0 Å². The zero-order chi connectivity index (χ0) is 26.7. The molecule has 2 aromatic heterocycles. The average Bonchev–Trinajstić information content (AvgIpc) is 2.82. The van der Waals surface area contributed by atoms with Crippen molar-refractivity contribution in [1.29, 1.82) is 0 Å². The summed E-state index contributed by atoms with van der Waals surface area (Å²) in [6.07, 6.45) is 8.50. The van der Waals surface area contributed by atoms with Crippen LogP contribution in [-0.4, -0.2) is 33.6 Å². The summed E-state index contributed by atoms with van der Waals surface area (Å²) >= 11 is 0. The third-order valence-corrected chi connectivity index (χ3v) is 6.50. The van der Waals surface area contributed by atoms with Crippen molar-refractivity contribution in [3.8, 4) is 0 Å². The van der Waals surface area contributed by atoms with Crippen molar-refractivity contribution in [2.75, 3.05) is 5.32 Å². The molecule has 3 aromatic rings. The number of aromatic nitrogens is 2. The minimum absolute atomic E-state index is 0.0513. The van der Waals surface area contributed by atoms with Crippen LogP contribution in [0.5, 0.6) is 0 Å². The summed E-state index contributed by atoms with van der Waals surface area (Å²) < 4.78 is 19.9. The van der Waals surface area contributed by atoms with E-state index in [1.807, 2.05) is 26.8 Å². The predicted octanol–water partition coefficient (Wildman–Crippen LogP) is 6.46. The average molecular weight is 505 g/mol. The summed E-state index contributed by atoms with van der Waals surface area (Å²) in [5, 5.41) is 6.24. The Hall–Kier alpha value is -3.81. The highest BCUT2D eigenvalue weighted by Crippen LogP contribution is 2.39. The minimum atomic E-state index is -0.570. The molecule has 1 aliphatic rings. The smallest absolute Gasteiger partial charge is 0.407 e. The van der Waals surface area contributed by atoms with E-state index >= 15 is 0 Å². The molecule has 0 spiro atoms. The first-order chi connectivity index (χ1) is 17.5. The first-order valence-corrected chi connectivity index (χ1v) is 12.5. The van der Waals surface area contributed by atoms with E-state index in [0.29, 0.717) is 23.6 Å². The Bertz CT molecular complexity index is 1330. The Balaban J connectivity index is 1.57. The Labute approximate surface area is 216 Å². The Morgan fingerprint density at radius 2 is 1.95 bits per heavy atom. The number of benzene rings is 1. The van der Waals surface area contributed by atoms with Crippen LogP contribution in [0, 0.1) is 11.7 Å².